The topological polar surface area (TPSA) is 26.3 Å². The third kappa shape index (κ3) is 2.69. The Hall–Kier alpha value is -1.43. The molecule has 0 atom stereocenters. The summed E-state index contributed by atoms with van der Waals surface area (Å²) < 4.78 is 19.2. The molecule has 0 heterocycles. The van der Waals surface area contributed by atoms with Gasteiger partial charge in [-0.15, -0.1) is 0 Å². The van der Waals surface area contributed by atoms with Gasteiger partial charge < -0.3 is 4.74 Å². The van der Waals surface area contributed by atoms with Crippen LogP contribution in [0, 0.1) is 9.39 Å². The van der Waals surface area contributed by atoms with Crippen LogP contribution in [0.3, 0.4) is 0 Å². The normalized spacial score (nSPS) is 10.2. The maximum Gasteiger partial charge on any atom is 0.196 e. The van der Waals surface area contributed by atoms with Gasteiger partial charge in [-0.2, -0.15) is 0 Å². The van der Waals surface area contributed by atoms with Crippen LogP contribution in [0.5, 0.6) is 5.75 Å². The molecule has 2 nitrogen and oxygen atoms in total. The Kier molecular flexibility index (Phi) is 3.96. The van der Waals surface area contributed by atoms with E-state index in [0.29, 0.717) is 16.9 Å². The zero-order valence-electron chi connectivity index (χ0n) is 9.61. The number of benzene rings is 2. The SMILES string of the molecule is COc1ccc(I)cc1C(=O)c1cccc(F)c1. The Balaban J connectivity index is 2.48. The van der Waals surface area contributed by atoms with E-state index >= 15 is 0 Å². The van der Waals surface area contributed by atoms with Crippen LogP contribution < -0.4 is 4.74 Å². The number of ether oxygens (including phenoxy) is 1. The van der Waals surface area contributed by atoms with E-state index in [0.717, 1.165) is 3.57 Å². The van der Waals surface area contributed by atoms with Gasteiger partial charge in [-0.25, -0.2) is 4.39 Å². The van der Waals surface area contributed by atoms with E-state index in [4.69, 9.17) is 4.74 Å². The summed E-state index contributed by atoms with van der Waals surface area (Å²) in [5.41, 5.74) is 0.755. The second-order valence-corrected chi connectivity index (χ2v) is 4.93. The average Bonchev–Trinajstić information content (AvgIpc) is 2.38. The summed E-state index contributed by atoms with van der Waals surface area (Å²) in [6, 6.07) is 10.9. The average molecular weight is 356 g/mol. The van der Waals surface area contributed by atoms with Crippen LogP contribution in [0.1, 0.15) is 15.9 Å². The molecule has 2 rings (SSSR count). The highest BCUT2D eigenvalue weighted by Gasteiger charge is 2.15. The molecule has 0 aromatic heterocycles. The van der Waals surface area contributed by atoms with Gasteiger partial charge in [0.15, 0.2) is 5.78 Å². The first-order valence-corrected chi connectivity index (χ1v) is 6.33. The lowest BCUT2D eigenvalue weighted by molar-refractivity contribution is 0.103. The predicted molar refractivity (Wildman–Crippen MR) is 75.5 cm³/mol. The van der Waals surface area contributed by atoms with Crippen molar-refractivity contribution in [3.05, 3.63) is 63.0 Å². The molecule has 18 heavy (non-hydrogen) atoms. The summed E-state index contributed by atoms with van der Waals surface area (Å²) in [6.07, 6.45) is 0. The number of ketones is 1. The van der Waals surface area contributed by atoms with Gasteiger partial charge in [-0.1, -0.05) is 12.1 Å². The van der Waals surface area contributed by atoms with Crippen LogP contribution in [-0.4, -0.2) is 12.9 Å². The van der Waals surface area contributed by atoms with Crippen LogP contribution in [0.4, 0.5) is 4.39 Å². The van der Waals surface area contributed by atoms with Gasteiger partial charge in [0.2, 0.25) is 0 Å². The van der Waals surface area contributed by atoms with Crippen molar-refractivity contribution in [2.24, 2.45) is 0 Å². The molecular weight excluding hydrogens is 346 g/mol. The molecule has 0 saturated carbocycles. The van der Waals surface area contributed by atoms with E-state index < -0.39 is 5.82 Å². The Morgan fingerprint density at radius 1 is 1.22 bits per heavy atom. The number of carbonyl (C=O) groups excluding carboxylic acids is 1. The molecule has 0 N–H and O–H groups in total. The monoisotopic (exact) mass is 356 g/mol. The molecule has 0 unspecified atom stereocenters. The maximum absolute atomic E-state index is 13.1. The smallest absolute Gasteiger partial charge is 0.196 e. The van der Waals surface area contributed by atoms with Crippen molar-refractivity contribution in [1.82, 2.24) is 0 Å². The van der Waals surface area contributed by atoms with Crippen molar-refractivity contribution in [3.8, 4) is 5.75 Å². The lowest BCUT2D eigenvalue weighted by atomic mass is 10.0. The molecule has 0 aliphatic heterocycles. The molecule has 92 valence electrons. The lowest BCUT2D eigenvalue weighted by Gasteiger charge is -2.08. The minimum Gasteiger partial charge on any atom is -0.496 e. The van der Waals surface area contributed by atoms with Gasteiger partial charge in [0.1, 0.15) is 11.6 Å². The zero-order chi connectivity index (χ0) is 13.1. The van der Waals surface area contributed by atoms with E-state index in [1.165, 1.54) is 25.3 Å². The Morgan fingerprint density at radius 3 is 2.67 bits per heavy atom. The molecule has 0 amide bonds. The number of rotatable bonds is 3. The minimum absolute atomic E-state index is 0.245. The first-order valence-electron chi connectivity index (χ1n) is 5.25. The highest BCUT2D eigenvalue weighted by molar-refractivity contribution is 14.1. The number of methoxy groups -OCH3 is 1. The second-order valence-electron chi connectivity index (χ2n) is 3.68. The zero-order valence-corrected chi connectivity index (χ0v) is 11.8. The lowest BCUT2D eigenvalue weighted by Crippen LogP contribution is -2.04. The summed E-state index contributed by atoms with van der Waals surface area (Å²) in [7, 11) is 1.50. The fourth-order valence-corrected chi connectivity index (χ4v) is 2.13. The molecule has 0 bridgehead atoms. The Bertz CT molecular complexity index is 596. The van der Waals surface area contributed by atoms with Crippen LogP contribution in [0.2, 0.25) is 0 Å². The van der Waals surface area contributed by atoms with E-state index in [1.54, 1.807) is 18.2 Å². The molecule has 4 heteroatoms. The molecule has 0 saturated heterocycles. The fourth-order valence-electron chi connectivity index (χ4n) is 1.64. The van der Waals surface area contributed by atoms with Gasteiger partial charge in [0, 0.05) is 9.13 Å². The standard InChI is InChI=1S/C14H10FIO2/c1-18-13-6-5-11(16)8-12(13)14(17)9-3-2-4-10(15)7-9/h2-8H,1H3. The number of carbonyl (C=O) groups is 1. The molecular formula is C14H10FIO2. The van der Waals surface area contributed by atoms with Crippen molar-refractivity contribution in [3.63, 3.8) is 0 Å². The summed E-state index contributed by atoms with van der Waals surface area (Å²) in [5.74, 6) is -0.181. The summed E-state index contributed by atoms with van der Waals surface area (Å²) in [4.78, 5) is 12.3. The maximum atomic E-state index is 13.1. The van der Waals surface area contributed by atoms with Crippen molar-refractivity contribution >= 4 is 28.4 Å². The molecule has 0 aliphatic rings. The van der Waals surface area contributed by atoms with Gasteiger partial charge in [0.25, 0.3) is 0 Å². The first kappa shape index (κ1) is 13.0. The van der Waals surface area contributed by atoms with E-state index in [2.05, 4.69) is 22.6 Å². The summed E-state index contributed by atoms with van der Waals surface area (Å²) in [6.45, 7) is 0. The highest BCUT2D eigenvalue weighted by Crippen LogP contribution is 2.24. The predicted octanol–water partition coefficient (Wildman–Crippen LogP) is 3.67. The Morgan fingerprint density at radius 2 is 2.00 bits per heavy atom. The Labute approximate surface area is 118 Å². The van der Waals surface area contributed by atoms with E-state index in [9.17, 15) is 9.18 Å². The largest absolute Gasteiger partial charge is 0.496 e. The first-order chi connectivity index (χ1) is 8.61. The van der Waals surface area contributed by atoms with Crippen molar-refractivity contribution in [2.45, 2.75) is 0 Å². The summed E-state index contributed by atoms with van der Waals surface area (Å²) >= 11 is 2.12. The number of halogens is 2. The van der Waals surface area contributed by atoms with Crippen LogP contribution in [0.25, 0.3) is 0 Å². The molecule has 0 aliphatic carbocycles. The third-order valence-corrected chi connectivity index (χ3v) is 3.16. The number of hydrogen-bond donors (Lipinski definition) is 0. The molecule has 2 aromatic carbocycles. The molecule has 0 spiro atoms. The fraction of sp³-hybridized carbons (Fsp3) is 0.0714. The van der Waals surface area contributed by atoms with E-state index in [1.807, 2.05) is 6.07 Å². The van der Waals surface area contributed by atoms with Gasteiger partial charge in [-0.05, 0) is 52.9 Å². The van der Waals surface area contributed by atoms with Crippen molar-refractivity contribution in [2.75, 3.05) is 7.11 Å². The summed E-state index contributed by atoms with van der Waals surface area (Å²) in [5, 5.41) is 0. The molecule has 2 aromatic rings. The van der Waals surface area contributed by atoms with Gasteiger partial charge in [0.05, 0.1) is 12.7 Å². The molecule has 0 radical (unpaired) electrons. The van der Waals surface area contributed by atoms with Crippen molar-refractivity contribution in [1.29, 1.82) is 0 Å². The van der Waals surface area contributed by atoms with E-state index in [-0.39, 0.29) is 5.78 Å². The van der Waals surface area contributed by atoms with Crippen molar-refractivity contribution < 1.29 is 13.9 Å². The van der Waals surface area contributed by atoms with Crippen LogP contribution in [0.15, 0.2) is 42.5 Å². The minimum atomic E-state index is -0.426. The van der Waals surface area contributed by atoms with Crippen LogP contribution in [-0.2, 0) is 0 Å². The third-order valence-electron chi connectivity index (χ3n) is 2.49. The molecule has 0 fully saturated rings. The van der Waals surface area contributed by atoms with Crippen LogP contribution >= 0.6 is 22.6 Å². The quantitative estimate of drug-likeness (QED) is 0.620. The second kappa shape index (κ2) is 5.48. The number of hydrogen-bond acceptors (Lipinski definition) is 2. The van der Waals surface area contributed by atoms with Gasteiger partial charge in [-0.3, -0.25) is 4.79 Å². The van der Waals surface area contributed by atoms with Gasteiger partial charge >= 0.3 is 0 Å². The highest BCUT2D eigenvalue weighted by atomic mass is 127.